The minimum Gasteiger partial charge on any atom is -0.481 e. The number of amides is 3. The van der Waals surface area contributed by atoms with Gasteiger partial charge in [0.05, 0.1) is 11.8 Å². The summed E-state index contributed by atoms with van der Waals surface area (Å²) in [5.41, 5.74) is 1.33. The van der Waals surface area contributed by atoms with Crippen molar-refractivity contribution in [3.05, 3.63) is 24.3 Å². The van der Waals surface area contributed by atoms with E-state index in [9.17, 15) is 19.2 Å². The van der Waals surface area contributed by atoms with Gasteiger partial charge in [-0.3, -0.25) is 19.2 Å². The summed E-state index contributed by atoms with van der Waals surface area (Å²) in [7, 11) is 0. The van der Waals surface area contributed by atoms with Crippen LogP contribution in [0.3, 0.4) is 0 Å². The second-order valence-corrected chi connectivity index (χ2v) is 7.07. The van der Waals surface area contributed by atoms with Crippen LogP contribution in [-0.4, -0.2) is 53.3 Å². The summed E-state index contributed by atoms with van der Waals surface area (Å²) in [6.07, 6.45) is 1.07. The number of aliphatic carboxylic acids is 1. The van der Waals surface area contributed by atoms with E-state index in [1.54, 1.807) is 34.1 Å². The Balaban J connectivity index is 1.61. The van der Waals surface area contributed by atoms with Crippen molar-refractivity contribution in [1.29, 1.82) is 0 Å². The van der Waals surface area contributed by atoms with E-state index in [1.165, 1.54) is 6.92 Å². The lowest BCUT2D eigenvalue weighted by Gasteiger charge is -2.31. The van der Waals surface area contributed by atoms with Gasteiger partial charge in [0.25, 0.3) is 0 Å². The van der Waals surface area contributed by atoms with E-state index >= 15 is 0 Å². The molecule has 0 aliphatic carbocycles. The van der Waals surface area contributed by atoms with Crippen LogP contribution in [-0.2, 0) is 19.2 Å². The molecule has 2 N–H and O–H groups in total. The summed E-state index contributed by atoms with van der Waals surface area (Å²) >= 11 is 0. The molecule has 8 heteroatoms. The van der Waals surface area contributed by atoms with E-state index in [-0.39, 0.29) is 24.1 Å². The number of carboxylic acid groups (broad SMARTS) is 1. The predicted octanol–water partition coefficient (Wildman–Crippen LogP) is 1.32. The number of benzene rings is 1. The number of hydrogen-bond acceptors (Lipinski definition) is 4. The smallest absolute Gasteiger partial charge is 0.306 e. The molecular formula is C19H23N3O5. The van der Waals surface area contributed by atoms with Gasteiger partial charge in [0.15, 0.2) is 0 Å². The van der Waals surface area contributed by atoms with Gasteiger partial charge in [-0.1, -0.05) is 0 Å². The molecule has 8 nitrogen and oxygen atoms in total. The SMILES string of the molecule is CC(=O)Nc1ccc(N2C[C@H](C(=O)N3CCC(C(=O)O)CC3)CC2=O)cc1. The average molecular weight is 373 g/mol. The van der Waals surface area contributed by atoms with Gasteiger partial charge in [-0.25, -0.2) is 0 Å². The molecular weight excluding hydrogens is 350 g/mol. The maximum atomic E-state index is 12.7. The number of piperidine rings is 1. The minimum absolute atomic E-state index is 0.0791. The van der Waals surface area contributed by atoms with Crippen molar-refractivity contribution in [3.8, 4) is 0 Å². The maximum absolute atomic E-state index is 12.7. The van der Waals surface area contributed by atoms with Gasteiger partial charge in [-0.05, 0) is 37.1 Å². The van der Waals surface area contributed by atoms with Crippen LogP contribution in [0.1, 0.15) is 26.2 Å². The third-order valence-corrected chi connectivity index (χ3v) is 5.13. The molecule has 0 radical (unpaired) electrons. The highest BCUT2D eigenvalue weighted by molar-refractivity contribution is 6.00. The zero-order valence-electron chi connectivity index (χ0n) is 15.2. The molecule has 2 heterocycles. The number of anilines is 2. The van der Waals surface area contributed by atoms with Gasteiger partial charge >= 0.3 is 5.97 Å². The molecule has 2 aliphatic heterocycles. The fourth-order valence-electron chi connectivity index (χ4n) is 3.66. The number of nitrogens with one attached hydrogen (secondary N) is 1. The second-order valence-electron chi connectivity index (χ2n) is 7.07. The van der Waals surface area contributed by atoms with Crippen LogP contribution in [0.4, 0.5) is 11.4 Å². The molecule has 0 unspecified atom stereocenters. The molecule has 2 saturated heterocycles. The van der Waals surface area contributed by atoms with E-state index in [4.69, 9.17) is 5.11 Å². The largest absolute Gasteiger partial charge is 0.481 e. The van der Waals surface area contributed by atoms with Crippen LogP contribution in [0.15, 0.2) is 24.3 Å². The molecule has 0 spiro atoms. The minimum atomic E-state index is -0.813. The first-order valence-electron chi connectivity index (χ1n) is 9.04. The number of carboxylic acids is 1. The molecule has 144 valence electrons. The van der Waals surface area contributed by atoms with Crippen LogP contribution in [0.25, 0.3) is 0 Å². The monoisotopic (exact) mass is 373 g/mol. The highest BCUT2D eigenvalue weighted by Crippen LogP contribution is 2.28. The van der Waals surface area contributed by atoms with Crippen LogP contribution in [0.5, 0.6) is 0 Å². The van der Waals surface area contributed by atoms with Crippen LogP contribution in [0, 0.1) is 11.8 Å². The van der Waals surface area contributed by atoms with Crippen molar-refractivity contribution >= 4 is 35.1 Å². The Hall–Kier alpha value is -2.90. The van der Waals surface area contributed by atoms with E-state index in [2.05, 4.69) is 5.32 Å². The number of carbonyl (C=O) groups is 4. The first-order valence-corrected chi connectivity index (χ1v) is 9.04. The standard InChI is InChI=1S/C19H23N3O5/c1-12(23)20-15-2-4-16(5-3-15)22-11-14(10-17(22)24)18(25)21-8-6-13(7-9-21)19(26)27/h2-5,13-14H,6-11H2,1H3,(H,20,23)(H,26,27)/t14-/m1/s1. The average Bonchev–Trinajstić information content (AvgIpc) is 3.03. The zero-order chi connectivity index (χ0) is 19.6. The molecule has 27 heavy (non-hydrogen) atoms. The normalized spacial score (nSPS) is 20.6. The van der Waals surface area contributed by atoms with Gasteiger partial charge in [0.2, 0.25) is 17.7 Å². The Labute approximate surface area is 157 Å². The van der Waals surface area contributed by atoms with Gasteiger partial charge in [-0.15, -0.1) is 0 Å². The van der Waals surface area contributed by atoms with Gasteiger partial charge in [0.1, 0.15) is 0 Å². The topological polar surface area (TPSA) is 107 Å². The highest BCUT2D eigenvalue weighted by atomic mass is 16.4. The molecule has 0 aromatic heterocycles. The second kappa shape index (κ2) is 7.77. The first kappa shape index (κ1) is 18.9. The maximum Gasteiger partial charge on any atom is 0.306 e. The summed E-state index contributed by atoms with van der Waals surface area (Å²) in [6, 6.07) is 6.93. The molecule has 1 atom stereocenters. The van der Waals surface area contributed by atoms with Crippen molar-refractivity contribution in [2.24, 2.45) is 11.8 Å². The van der Waals surface area contributed by atoms with E-state index < -0.39 is 17.8 Å². The Bertz CT molecular complexity index is 753. The molecule has 2 fully saturated rings. The molecule has 1 aromatic carbocycles. The number of hydrogen-bond donors (Lipinski definition) is 2. The van der Waals surface area contributed by atoms with E-state index in [1.807, 2.05) is 0 Å². The van der Waals surface area contributed by atoms with Crippen molar-refractivity contribution in [2.75, 3.05) is 29.9 Å². The van der Waals surface area contributed by atoms with Crippen LogP contribution in [0.2, 0.25) is 0 Å². The molecule has 2 aliphatic rings. The number of rotatable bonds is 4. The highest BCUT2D eigenvalue weighted by Gasteiger charge is 2.38. The molecule has 1 aromatic rings. The van der Waals surface area contributed by atoms with Crippen LogP contribution < -0.4 is 10.2 Å². The number of likely N-dealkylation sites (tertiary alicyclic amines) is 1. The molecule has 3 amide bonds. The Morgan fingerprint density at radius 1 is 1.07 bits per heavy atom. The summed E-state index contributed by atoms with van der Waals surface area (Å²) < 4.78 is 0. The lowest BCUT2D eigenvalue weighted by atomic mass is 9.95. The van der Waals surface area contributed by atoms with Crippen LogP contribution >= 0.6 is 0 Å². The molecule has 0 bridgehead atoms. The third kappa shape index (κ3) is 4.27. The zero-order valence-corrected chi connectivity index (χ0v) is 15.2. The predicted molar refractivity (Wildman–Crippen MR) is 98.1 cm³/mol. The summed E-state index contributed by atoms with van der Waals surface area (Å²) in [5, 5.41) is 11.7. The fourth-order valence-corrected chi connectivity index (χ4v) is 3.66. The molecule has 3 rings (SSSR count). The Morgan fingerprint density at radius 3 is 2.26 bits per heavy atom. The number of nitrogens with zero attached hydrogens (tertiary/aromatic N) is 2. The van der Waals surface area contributed by atoms with E-state index in [0.29, 0.717) is 43.9 Å². The van der Waals surface area contributed by atoms with Gasteiger partial charge in [0, 0.05) is 44.4 Å². The van der Waals surface area contributed by atoms with Gasteiger partial charge < -0.3 is 20.2 Å². The Kier molecular flexibility index (Phi) is 5.43. The number of carbonyl (C=O) groups excluding carboxylic acids is 3. The van der Waals surface area contributed by atoms with Gasteiger partial charge in [-0.2, -0.15) is 0 Å². The molecule has 0 saturated carbocycles. The van der Waals surface area contributed by atoms with Crippen molar-refractivity contribution in [3.63, 3.8) is 0 Å². The summed E-state index contributed by atoms with van der Waals surface area (Å²) in [5.74, 6) is -1.97. The lowest BCUT2D eigenvalue weighted by Crippen LogP contribution is -2.43. The Morgan fingerprint density at radius 2 is 1.70 bits per heavy atom. The van der Waals surface area contributed by atoms with Crippen molar-refractivity contribution in [1.82, 2.24) is 4.90 Å². The summed E-state index contributed by atoms with van der Waals surface area (Å²) in [4.78, 5) is 50.5. The summed E-state index contributed by atoms with van der Waals surface area (Å²) in [6.45, 7) is 2.58. The van der Waals surface area contributed by atoms with Crippen molar-refractivity contribution < 1.29 is 24.3 Å². The quantitative estimate of drug-likeness (QED) is 0.828. The van der Waals surface area contributed by atoms with E-state index in [0.717, 1.165) is 0 Å². The first-order chi connectivity index (χ1) is 12.8. The fraction of sp³-hybridized carbons (Fsp3) is 0.474. The lowest BCUT2D eigenvalue weighted by molar-refractivity contribution is -0.146. The van der Waals surface area contributed by atoms with Crippen molar-refractivity contribution in [2.45, 2.75) is 26.2 Å². The third-order valence-electron chi connectivity index (χ3n) is 5.13.